The number of nitrogens with zero attached hydrogens (tertiary/aromatic N) is 2. The van der Waals surface area contributed by atoms with E-state index in [4.69, 9.17) is 0 Å². The van der Waals surface area contributed by atoms with E-state index >= 15 is 0 Å². The Morgan fingerprint density at radius 3 is 2.31 bits per heavy atom. The number of hydrogen-bond acceptors (Lipinski definition) is 5. The highest BCUT2D eigenvalue weighted by Gasteiger charge is 2.31. The minimum absolute atomic E-state index is 0.278. The molecular formula is C30H53N5. The third-order valence-electron chi connectivity index (χ3n) is 7.11. The second-order valence-corrected chi connectivity index (χ2v) is 8.90. The molecule has 1 aliphatic carbocycles. The zero-order valence-corrected chi connectivity index (χ0v) is 23.7. The molecule has 0 aromatic rings. The molecule has 0 spiro atoms. The van der Waals surface area contributed by atoms with Crippen LogP contribution < -0.4 is 16.0 Å². The van der Waals surface area contributed by atoms with Gasteiger partial charge in [0.25, 0.3) is 0 Å². The van der Waals surface area contributed by atoms with Gasteiger partial charge in [0, 0.05) is 57.2 Å². The normalized spacial score (nSPS) is 25.1. The zero-order chi connectivity index (χ0) is 25.6. The Morgan fingerprint density at radius 2 is 1.69 bits per heavy atom. The van der Waals surface area contributed by atoms with Crippen LogP contribution in [0.25, 0.3) is 0 Å². The number of dihydropyridines is 2. The second kappa shape index (κ2) is 15.8. The molecule has 5 aliphatic rings. The van der Waals surface area contributed by atoms with Crippen molar-refractivity contribution in [3.05, 3.63) is 58.7 Å². The molecule has 2 atom stereocenters. The molecule has 198 valence electrons. The van der Waals surface area contributed by atoms with Crippen molar-refractivity contribution >= 4 is 0 Å². The lowest BCUT2D eigenvalue weighted by atomic mass is 9.90. The van der Waals surface area contributed by atoms with Gasteiger partial charge in [0.1, 0.15) is 5.82 Å². The molecular weight excluding hydrogens is 430 g/mol. The fourth-order valence-electron chi connectivity index (χ4n) is 5.25. The highest BCUT2D eigenvalue weighted by molar-refractivity contribution is 5.48. The van der Waals surface area contributed by atoms with Crippen LogP contribution in [0.4, 0.5) is 0 Å². The van der Waals surface area contributed by atoms with E-state index in [0.717, 1.165) is 51.5 Å². The predicted octanol–water partition coefficient (Wildman–Crippen LogP) is 5.53. The van der Waals surface area contributed by atoms with Crippen LogP contribution in [0.3, 0.4) is 0 Å². The number of nitrogens with one attached hydrogen (secondary N) is 3. The maximum absolute atomic E-state index is 3.83. The summed E-state index contributed by atoms with van der Waals surface area (Å²) in [4.78, 5) is 5.12. The topological polar surface area (TPSA) is 42.6 Å². The van der Waals surface area contributed by atoms with Crippen LogP contribution in [0.15, 0.2) is 58.7 Å². The first-order valence-corrected chi connectivity index (χ1v) is 14.6. The minimum Gasteiger partial charge on any atom is -0.375 e. The molecule has 0 bridgehead atoms. The van der Waals surface area contributed by atoms with Gasteiger partial charge in [-0.1, -0.05) is 67.0 Å². The molecule has 0 aromatic heterocycles. The third kappa shape index (κ3) is 7.42. The van der Waals surface area contributed by atoms with Gasteiger partial charge in [-0.05, 0) is 54.6 Å². The number of allylic oxidation sites excluding steroid dienone is 5. The van der Waals surface area contributed by atoms with E-state index in [9.17, 15) is 0 Å². The zero-order valence-electron chi connectivity index (χ0n) is 23.7. The Balaban J connectivity index is 0.000000671. The van der Waals surface area contributed by atoms with Crippen LogP contribution in [0.5, 0.6) is 0 Å². The van der Waals surface area contributed by atoms with Gasteiger partial charge in [-0.15, -0.1) is 0 Å². The average molecular weight is 484 g/mol. The fourth-order valence-corrected chi connectivity index (χ4v) is 5.25. The summed E-state index contributed by atoms with van der Waals surface area (Å²) in [6.07, 6.45) is 16.7. The van der Waals surface area contributed by atoms with Crippen molar-refractivity contribution in [3.8, 4) is 0 Å². The maximum atomic E-state index is 3.83. The molecule has 0 amide bonds. The number of likely N-dealkylation sites (tertiary alicyclic amines) is 1. The van der Waals surface area contributed by atoms with Crippen molar-refractivity contribution in [1.29, 1.82) is 0 Å². The highest BCUT2D eigenvalue weighted by atomic mass is 15.3. The van der Waals surface area contributed by atoms with Gasteiger partial charge in [0.05, 0.1) is 6.04 Å². The summed E-state index contributed by atoms with van der Waals surface area (Å²) in [5.74, 6) is 2.13. The fraction of sp³-hybridized carbons (Fsp3) is 0.667. The number of rotatable bonds is 4. The van der Waals surface area contributed by atoms with E-state index in [-0.39, 0.29) is 6.04 Å². The molecule has 0 saturated carbocycles. The molecule has 5 heteroatoms. The van der Waals surface area contributed by atoms with Crippen molar-refractivity contribution in [1.82, 2.24) is 25.8 Å². The summed E-state index contributed by atoms with van der Waals surface area (Å²) in [7, 11) is 0. The van der Waals surface area contributed by atoms with E-state index in [1.165, 1.54) is 54.3 Å². The van der Waals surface area contributed by atoms with E-state index in [2.05, 4.69) is 63.1 Å². The average Bonchev–Trinajstić information content (AvgIpc) is 3.46. The third-order valence-corrected chi connectivity index (χ3v) is 7.11. The summed E-state index contributed by atoms with van der Waals surface area (Å²) in [5, 5.41) is 10.9. The van der Waals surface area contributed by atoms with Gasteiger partial charge in [-0.25, -0.2) is 0 Å². The van der Waals surface area contributed by atoms with Crippen LogP contribution in [0.2, 0.25) is 0 Å². The van der Waals surface area contributed by atoms with Crippen molar-refractivity contribution in [3.63, 3.8) is 0 Å². The Hall–Kier alpha value is -2.14. The van der Waals surface area contributed by atoms with Gasteiger partial charge in [-0.2, -0.15) is 0 Å². The SMILES string of the molecule is CC.CC.CC.CCC1CCN(C2=CC(C3=CC=C(N4CCNCC4)NC3)NC3=C2CCC=C3)C1. The summed E-state index contributed by atoms with van der Waals surface area (Å²) >= 11 is 0. The van der Waals surface area contributed by atoms with Crippen molar-refractivity contribution in [2.24, 2.45) is 5.92 Å². The molecule has 35 heavy (non-hydrogen) atoms. The van der Waals surface area contributed by atoms with Gasteiger partial charge >= 0.3 is 0 Å². The molecule has 2 saturated heterocycles. The van der Waals surface area contributed by atoms with E-state index in [0.29, 0.717) is 0 Å². The van der Waals surface area contributed by atoms with E-state index in [1.807, 2.05) is 41.5 Å². The summed E-state index contributed by atoms with van der Waals surface area (Å²) in [6.45, 7) is 22.0. The van der Waals surface area contributed by atoms with Crippen molar-refractivity contribution in [2.45, 2.75) is 80.2 Å². The lowest BCUT2D eigenvalue weighted by Crippen LogP contribution is -2.47. The smallest absolute Gasteiger partial charge is 0.102 e. The first-order valence-electron chi connectivity index (χ1n) is 14.6. The molecule has 2 fully saturated rings. The Morgan fingerprint density at radius 1 is 0.943 bits per heavy atom. The van der Waals surface area contributed by atoms with Crippen LogP contribution in [0, 0.1) is 5.92 Å². The Labute approximate surface area is 216 Å². The highest BCUT2D eigenvalue weighted by Crippen LogP contribution is 2.35. The van der Waals surface area contributed by atoms with Gasteiger partial charge in [0.15, 0.2) is 0 Å². The van der Waals surface area contributed by atoms with Crippen LogP contribution >= 0.6 is 0 Å². The van der Waals surface area contributed by atoms with E-state index < -0.39 is 0 Å². The standard InChI is InChI=1S/C24H35N5.3C2H6/c1-2-18-9-12-29(17-18)23-15-22(27-21-6-4-3-5-20(21)23)19-7-8-24(26-16-19)28-13-10-25-11-14-28;3*1-2/h4,6-8,15,18,22,25-27H,2-3,5,9-14,16-17H2,1H3;3*1-2H3. The van der Waals surface area contributed by atoms with Crippen LogP contribution in [-0.4, -0.2) is 61.7 Å². The first-order chi connectivity index (χ1) is 17.3. The lowest BCUT2D eigenvalue weighted by molar-refractivity contribution is 0.281. The summed E-state index contributed by atoms with van der Waals surface area (Å²) in [6, 6.07) is 0.278. The molecule has 4 heterocycles. The molecule has 3 N–H and O–H groups in total. The quantitative estimate of drug-likeness (QED) is 0.490. The Kier molecular flexibility index (Phi) is 13.1. The number of piperazine rings is 1. The second-order valence-electron chi connectivity index (χ2n) is 8.90. The first kappa shape index (κ1) is 29.1. The maximum Gasteiger partial charge on any atom is 0.102 e. The van der Waals surface area contributed by atoms with Gasteiger partial charge in [-0.3, -0.25) is 0 Å². The largest absolute Gasteiger partial charge is 0.375 e. The lowest BCUT2D eigenvalue weighted by Gasteiger charge is -2.37. The molecule has 5 nitrogen and oxygen atoms in total. The summed E-state index contributed by atoms with van der Waals surface area (Å²) in [5.41, 5.74) is 5.80. The van der Waals surface area contributed by atoms with Crippen LogP contribution in [-0.2, 0) is 0 Å². The molecule has 0 aromatic carbocycles. The monoisotopic (exact) mass is 483 g/mol. The Bertz CT molecular complexity index is 783. The number of hydrogen-bond donors (Lipinski definition) is 3. The molecule has 5 rings (SSSR count). The van der Waals surface area contributed by atoms with E-state index in [1.54, 1.807) is 0 Å². The van der Waals surface area contributed by atoms with Crippen LogP contribution in [0.1, 0.15) is 74.1 Å². The van der Waals surface area contributed by atoms with Crippen molar-refractivity contribution in [2.75, 3.05) is 45.8 Å². The molecule has 4 aliphatic heterocycles. The minimum atomic E-state index is 0.278. The molecule has 0 radical (unpaired) electrons. The van der Waals surface area contributed by atoms with Gasteiger partial charge in [0.2, 0.25) is 0 Å². The summed E-state index contributed by atoms with van der Waals surface area (Å²) < 4.78 is 0. The molecule has 2 unspecified atom stereocenters. The predicted molar refractivity (Wildman–Crippen MR) is 153 cm³/mol. The van der Waals surface area contributed by atoms with Gasteiger partial charge < -0.3 is 25.8 Å². The van der Waals surface area contributed by atoms with Crippen molar-refractivity contribution < 1.29 is 0 Å².